The first-order chi connectivity index (χ1) is 19.9. The first-order valence-corrected chi connectivity index (χ1v) is 14.9. The zero-order chi connectivity index (χ0) is 28.5. The van der Waals surface area contributed by atoms with E-state index in [2.05, 4.69) is 10.2 Å². The summed E-state index contributed by atoms with van der Waals surface area (Å²) in [5, 5.41) is 4.93. The van der Waals surface area contributed by atoms with Crippen molar-refractivity contribution in [3.63, 3.8) is 0 Å². The van der Waals surface area contributed by atoms with Gasteiger partial charge in [0, 0.05) is 69.1 Å². The molecule has 2 atom stereocenters. The van der Waals surface area contributed by atoms with Crippen LogP contribution in [0.2, 0.25) is 0 Å². The lowest BCUT2D eigenvalue weighted by Gasteiger charge is -2.44. The molecule has 6 rings (SSSR count). The number of aromatic nitrogens is 1. The van der Waals surface area contributed by atoms with Gasteiger partial charge in [-0.05, 0) is 55.0 Å². The average Bonchev–Trinajstić information content (AvgIpc) is 3.53. The van der Waals surface area contributed by atoms with Crippen molar-refractivity contribution in [3.8, 4) is 0 Å². The van der Waals surface area contributed by atoms with Crippen LogP contribution in [-0.2, 0) is 11.3 Å². The summed E-state index contributed by atoms with van der Waals surface area (Å²) in [5.41, 5.74) is 3.02. The number of nitrogens with one attached hydrogen (secondary N) is 1. The van der Waals surface area contributed by atoms with Gasteiger partial charge in [0.05, 0.1) is 22.9 Å². The summed E-state index contributed by atoms with van der Waals surface area (Å²) >= 11 is 1.36. The van der Waals surface area contributed by atoms with E-state index in [4.69, 9.17) is 4.74 Å². The lowest BCUT2D eigenvalue weighted by Crippen LogP contribution is -2.50. The number of ether oxygens (including phenoxy) is 1. The van der Waals surface area contributed by atoms with Gasteiger partial charge in [-0.25, -0.2) is 4.79 Å². The van der Waals surface area contributed by atoms with Crippen LogP contribution in [0.5, 0.6) is 0 Å². The predicted octanol–water partition coefficient (Wildman–Crippen LogP) is 3.70. The van der Waals surface area contributed by atoms with Gasteiger partial charge in [0.15, 0.2) is 0 Å². The highest BCUT2D eigenvalue weighted by atomic mass is 32.1. The number of fused-ring (bicyclic) bond motifs is 4. The number of amides is 3. The normalized spacial score (nSPS) is 19.9. The molecule has 10 nitrogen and oxygen atoms in total. The van der Waals surface area contributed by atoms with Gasteiger partial charge < -0.3 is 29.3 Å². The molecule has 2 fully saturated rings. The van der Waals surface area contributed by atoms with Crippen LogP contribution in [0.1, 0.15) is 45.0 Å². The van der Waals surface area contributed by atoms with E-state index >= 15 is 0 Å². The quantitative estimate of drug-likeness (QED) is 0.498. The Labute approximate surface area is 242 Å². The molecule has 3 aromatic rings. The molecular weight excluding hydrogens is 542 g/mol. The van der Waals surface area contributed by atoms with Crippen molar-refractivity contribution in [2.45, 2.75) is 25.8 Å². The van der Waals surface area contributed by atoms with Crippen molar-refractivity contribution in [3.05, 3.63) is 80.4 Å². The number of nitrogens with zero attached hydrogens (tertiary/aromatic N) is 4. The fraction of sp³-hybridized carbons (Fsp3) is 0.400. The third kappa shape index (κ3) is 5.46. The van der Waals surface area contributed by atoms with Crippen molar-refractivity contribution in [1.82, 2.24) is 14.4 Å². The third-order valence-electron chi connectivity index (χ3n) is 8.15. The molecule has 5 heterocycles. The Morgan fingerprint density at radius 2 is 1.78 bits per heavy atom. The van der Waals surface area contributed by atoms with E-state index in [0.717, 1.165) is 24.3 Å². The van der Waals surface area contributed by atoms with E-state index in [9.17, 15) is 19.2 Å². The molecule has 0 radical (unpaired) electrons. The van der Waals surface area contributed by atoms with Crippen molar-refractivity contribution >= 4 is 40.6 Å². The summed E-state index contributed by atoms with van der Waals surface area (Å²) in [4.78, 5) is 57.4. The predicted molar refractivity (Wildman–Crippen MR) is 157 cm³/mol. The molecular formula is C30H33N5O5S. The maximum Gasteiger partial charge on any atom is 0.409 e. The van der Waals surface area contributed by atoms with E-state index in [0.29, 0.717) is 67.9 Å². The van der Waals surface area contributed by atoms with Gasteiger partial charge in [0.1, 0.15) is 0 Å². The van der Waals surface area contributed by atoms with Crippen molar-refractivity contribution in [1.29, 1.82) is 0 Å². The van der Waals surface area contributed by atoms with Crippen LogP contribution in [0.15, 0.2) is 58.7 Å². The van der Waals surface area contributed by atoms with Crippen LogP contribution < -0.4 is 15.8 Å². The Morgan fingerprint density at radius 1 is 0.976 bits per heavy atom. The lowest BCUT2D eigenvalue weighted by molar-refractivity contribution is 0.0570. The van der Waals surface area contributed by atoms with Crippen LogP contribution in [0.3, 0.4) is 0 Å². The first-order valence-electron chi connectivity index (χ1n) is 14.1. The largest absolute Gasteiger partial charge is 0.450 e. The highest BCUT2D eigenvalue weighted by Gasteiger charge is 2.35. The van der Waals surface area contributed by atoms with Crippen molar-refractivity contribution in [2.75, 3.05) is 56.1 Å². The summed E-state index contributed by atoms with van der Waals surface area (Å²) in [6.07, 6.45) is 0.659. The van der Waals surface area contributed by atoms with Gasteiger partial charge in [-0.15, -0.1) is 11.3 Å². The van der Waals surface area contributed by atoms with Crippen LogP contribution in [0.4, 0.5) is 16.2 Å². The zero-order valence-corrected chi connectivity index (χ0v) is 23.8. The van der Waals surface area contributed by atoms with Gasteiger partial charge in [-0.1, -0.05) is 12.1 Å². The smallest absolute Gasteiger partial charge is 0.409 e. The lowest BCUT2D eigenvalue weighted by atomic mass is 9.83. The minimum atomic E-state index is -0.360. The fourth-order valence-electron chi connectivity index (χ4n) is 6.22. The van der Waals surface area contributed by atoms with Crippen LogP contribution in [0.25, 0.3) is 0 Å². The number of hydrogen-bond donors (Lipinski definition) is 1. The van der Waals surface area contributed by atoms with E-state index in [1.807, 2.05) is 40.3 Å². The second-order valence-electron chi connectivity index (χ2n) is 10.7. The Kier molecular flexibility index (Phi) is 7.53. The van der Waals surface area contributed by atoms with Gasteiger partial charge in [-0.3, -0.25) is 14.4 Å². The van der Waals surface area contributed by atoms with Crippen molar-refractivity contribution in [2.24, 2.45) is 5.92 Å². The number of thiophene rings is 1. The molecule has 2 saturated heterocycles. The molecule has 2 unspecified atom stereocenters. The minimum absolute atomic E-state index is 0.0421. The highest BCUT2D eigenvalue weighted by molar-refractivity contribution is 7.12. The molecule has 0 spiro atoms. The number of rotatable bonds is 5. The Bertz CT molecular complexity index is 1510. The molecule has 0 aliphatic carbocycles. The Hall–Kier alpha value is -4.12. The van der Waals surface area contributed by atoms with Crippen LogP contribution in [-0.4, -0.2) is 78.1 Å². The molecule has 0 saturated carbocycles. The average molecular weight is 576 g/mol. The molecule has 3 aliphatic heterocycles. The second kappa shape index (κ2) is 11.4. The number of pyridine rings is 1. The number of carbonyl (C=O) groups excluding carboxylic acids is 3. The number of benzene rings is 1. The molecule has 3 aliphatic rings. The van der Waals surface area contributed by atoms with E-state index in [1.165, 1.54) is 11.3 Å². The molecule has 2 aromatic heterocycles. The Balaban J connectivity index is 1.26. The molecule has 41 heavy (non-hydrogen) atoms. The van der Waals surface area contributed by atoms with Crippen LogP contribution >= 0.6 is 11.3 Å². The highest BCUT2D eigenvalue weighted by Crippen LogP contribution is 2.39. The summed E-state index contributed by atoms with van der Waals surface area (Å²) in [7, 11) is 0. The SMILES string of the molecule is CCOC(=O)N1CCN(C(=O)c2ccc(N3CC4CC(C3)c3cccc(=O)n3C4)c(NC(=O)c3cccs3)c2)CC1. The number of piperidine rings is 1. The van der Waals surface area contributed by atoms with Gasteiger partial charge in [0.2, 0.25) is 0 Å². The fourth-order valence-corrected chi connectivity index (χ4v) is 6.84. The van der Waals surface area contributed by atoms with E-state index < -0.39 is 0 Å². The number of hydrogen-bond acceptors (Lipinski definition) is 7. The van der Waals surface area contributed by atoms with E-state index in [1.54, 1.807) is 34.9 Å². The maximum absolute atomic E-state index is 13.5. The molecule has 3 amide bonds. The molecule has 11 heteroatoms. The standard InChI is InChI=1S/C30H33N5O5S/c1-2-40-30(39)33-12-10-32(11-13-33)29(38)21-8-9-25(23(16-21)31-28(37)26-6-4-14-41-26)34-17-20-15-22(19-34)24-5-3-7-27(36)35(24)18-20/h3-9,14,16,20,22H,2,10-13,15,17-19H2,1H3,(H,31,37). The Morgan fingerprint density at radius 3 is 2.54 bits per heavy atom. The first kappa shape index (κ1) is 27.1. The summed E-state index contributed by atoms with van der Waals surface area (Å²) in [5.74, 6) is 0.145. The monoisotopic (exact) mass is 575 g/mol. The van der Waals surface area contributed by atoms with Crippen molar-refractivity contribution < 1.29 is 19.1 Å². The summed E-state index contributed by atoms with van der Waals surface area (Å²) in [6.45, 7) is 5.85. The number of anilines is 2. The third-order valence-corrected chi connectivity index (χ3v) is 9.02. The topological polar surface area (TPSA) is 104 Å². The van der Waals surface area contributed by atoms with Gasteiger partial charge in [-0.2, -0.15) is 0 Å². The molecule has 1 aromatic carbocycles. The summed E-state index contributed by atoms with van der Waals surface area (Å²) < 4.78 is 6.99. The van der Waals surface area contributed by atoms with Gasteiger partial charge >= 0.3 is 6.09 Å². The second-order valence-corrected chi connectivity index (χ2v) is 11.7. The van der Waals surface area contributed by atoms with E-state index in [-0.39, 0.29) is 29.4 Å². The summed E-state index contributed by atoms with van der Waals surface area (Å²) in [6, 6.07) is 14.6. The molecule has 1 N–H and O–H groups in total. The zero-order valence-electron chi connectivity index (χ0n) is 23.0. The molecule has 214 valence electrons. The van der Waals surface area contributed by atoms with Crippen LogP contribution in [0, 0.1) is 5.92 Å². The van der Waals surface area contributed by atoms with Gasteiger partial charge in [0.25, 0.3) is 17.4 Å². The molecule has 2 bridgehead atoms. The minimum Gasteiger partial charge on any atom is -0.450 e. The number of piperazine rings is 1. The number of carbonyl (C=O) groups is 3. The maximum atomic E-state index is 13.5.